The Hall–Kier alpha value is -1.63. The van der Waals surface area contributed by atoms with Crippen LogP contribution in [0.1, 0.15) is 19.4 Å². The fourth-order valence-electron chi connectivity index (χ4n) is 1.68. The average molecular weight is 286 g/mol. The Bertz CT molecular complexity index is 569. The molecule has 0 bridgehead atoms. The van der Waals surface area contributed by atoms with Gasteiger partial charge in [-0.2, -0.15) is 0 Å². The fourth-order valence-corrected chi connectivity index (χ4v) is 2.77. The molecule has 7 heteroatoms. The van der Waals surface area contributed by atoms with Crippen LogP contribution in [0.4, 0.5) is 11.4 Å². The highest BCUT2D eigenvalue weighted by molar-refractivity contribution is 7.91. The van der Waals surface area contributed by atoms with Crippen LogP contribution in [0, 0.1) is 17.0 Å². The molecule has 0 aromatic heterocycles. The maximum absolute atomic E-state index is 11.5. The molecule has 0 aliphatic carbocycles. The number of nitrogens with zero attached hydrogens (tertiary/aromatic N) is 1. The van der Waals surface area contributed by atoms with Crippen molar-refractivity contribution in [3.8, 4) is 0 Å². The van der Waals surface area contributed by atoms with Crippen molar-refractivity contribution in [2.24, 2.45) is 0 Å². The Morgan fingerprint density at radius 1 is 1.42 bits per heavy atom. The summed E-state index contributed by atoms with van der Waals surface area (Å²) in [4.78, 5) is 10.2. The summed E-state index contributed by atoms with van der Waals surface area (Å²) < 4.78 is 23.0. The maximum atomic E-state index is 11.5. The van der Waals surface area contributed by atoms with Gasteiger partial charge in [0.2, 0.25) is 0 Å². The Morgan fingerprint density at radius 3 is 2.58 bits per heavy atom. The number of aryl methyl sites for hydroxylation is 1. The first-order valence-corrected chi connectivity index (χ1v) is 7.79. The second kappa shape index (κ2) is 6.01. The number of rotatable bonds is 6. The zero-order valence-electron chi connectivity index (χ0n) is 11.2. The van der Waals surface area contributed by atoms with E-state index in [-0.39, 0.29) is 23.2 Å². The molecule has 1 aromatic rings. The second-order valence-electron chi connectivity index (χ2n) is 4.50. The molecule has 1 rings (SSSR count). The van der Waals surface area contributed by atoms with Crippen molar-refractivity contribution in [1.29, 1.82) is 0 Å². The van der Waals surface area contributed by atoms with Crippen LogP contribution < -0.4 is 5.32 Å². The smallest absolute Gasteiger partial charge is 0.271 e. The minimum absolute atomic E-state index is 0.00559. The standard InChI is InChI=1S/C12H18N2O4S/c1-4-19(17,18)8-10(3)13-12-7-11(14(15)16)6-5-9(12)2/h5-7,10,13H,4,8H2,1-3H3. The molecule has 0 saturated heterocycles. The van der Waals surface area contributed by atoms with Crippen molar-refractivity contribution in [2.75, 3.05) is 16.8 Å². The van der Waals surface area contributed by atoms with E-state index in [4.69, 9.17) is 0 Å². The highest BCUT2D eigenvalue weighted by atomic mass is 32.2. The number of hydrogen-bond acceptors (Lipinski definition) is 5. The van der Waals surface area contributed by atoms with E-state index < -0.39 is 14.8 Å². The highest BCUT2D eigenvalue weighted by Gasteiger charge is 2.15. The lowest BCUT2D eigenvalue weighted by Gasteiger charge is -2.16. The van der Waals surface area contributed by atoms with Gasteiger partial charge in [-0.3, -0.25) is 10.1 Å². The van der Waals surface area contributed by atoms with Crippen molar-refractivity contribution in [1.82, 2.24) is 0 Å². The number of nitro benzene ring substituents is 1. The highest BCUT2D eigenvalue weighted by Crippen LogP contribution is 2.22. The number of benzene rings is 1. The fraction of sp³-hybridized carbons (Fsp3) is 0.500. The van der Waals surface area contributed by atoms with Gasteiger partial charge in [0.25, 0.3) is 5.69 Å². The lowest BCUT2D eigenvalue weighted by Crippen LogP contribution is -2.27. The van der Waals surface area contributed by atoms with E-state index in [1.54, 1.807) is 19.9 Å². The molecule has 0 saturated carbocycles. The van der Waals surface area contributed by atoms with E-state index in [0.29, 0.717) is 5.69 Å². The third-order valence-electron chi connectivity index (χ3n) is 2.78. The third kappa shape index (κ3) is 4.51. The minimum atomic E-state index is -3.07. The van der Waals surface area contributed by atoms with Gasteiger partial charge < -0.3 is 5.32 Å². The van der Waals surface area contributed by atoms with Crippen LogP contribution in [0.15, 0.2) is 18.2 Å². The number of non-ortho nitro benzene ring substituents is 1. The molecule has 1 aromatic carbocycles. The molecule has 0 amide bonds. The summed E-state index contributed by atoms with van der Waals surface area (Å²) in [6.07, 6.45) is 0. The monoisotopic (exact) mass is 286 g/mol. The normalized spacial score (nSPS) is 13.0. The van der Waals surface area contributed by atoms with E-state index >= 15 is 0 Å². The van der Waals surface area contributed by atoms with E-state index in [1.165, 1.54) is 12.1 Å². The molecule has 1 N–H and O–H groups in total. The van der Waals surface area contributed by atoms with Crippen LogP contribution in [-0.2, 0) is 9.84 Å². The molecule has 6 nitrogen and oxygen atoms in total. The SMILES string of the molecule is CCS(=O)(=O)CC(C)Nc1cc([N+](=O)[O-])ccc1C. The molecule has 0 fully saturated rings. The van der Waals surface area contributed by atoms with E-state index in [2.05, 4.69) is 5.32 Å². The van der Waals surface area contributed by atoms with E-state index in [1.807, 2.05) is 6.92 Å². The molecule has 0 aliphatic heterocycles. The predicted molar refractivity (Wildman–Crippen MR) is 75.2 cm³/mol. The summed E-state index contributed by atoms with van der Waals surface area (Å²) in [5, 5.41) is 13.7. The molecular weight excluding hydrogens is 268 g/mol. The topological polar surface area (TPSA) is 89.3 Å². The number of anilines is 1. The molecule has 1 unspecified atom stereocenters. The molecule has 106 valence electrons. The van der Waals surface area contributed by atoms with Gasteiger partial charge in [0, 0.05) is 29.6 Å². The lowest BCUT2D eigenvalue weighted by atomic mass is 10.1. The van der Waals surface area contributed by atoms with E-state index in [9.17, 15) is 18.5 Å². The minimum Gasteiger partial charge on any atom is -0.381 e. The van der Waals surface area contributed by atoms with Gasteiger partial charge in [0.05, 0.1) is 10.7 Å². The van der Waals surface area contributed by atoms with Crippen molar-refractivity contribution in [3.63, 3.8) is 0 Å². The van der Waals surface area contributed by atoms with Gasteiger partial charge in [-0.1, -0.05) is 13.0 Å². The lowest BCUT2D eigenvalue weighted by molar-refractivity contribution is -0.384. The Morgan fingerprint density at radius 2 is 2.05 bits per heavy atom. The number of hydrogen-bond donors (Lipinski definition) is 1. The first-order valence-electron chi connectivity index (χ1n) is 5.97. The zero-order chi connectivity index (χ0) is 14.6. The summed E-state index contributed by atoms with van der Waals surface area (Å²) in [6.45, 7) is 5.15. The molecular formula is C12H18N2O4S. The van der Waals surface area contributed by atoms with Crippen molar-refractivity contribution in [3.05, 3.63) is 33.9 Å². The Balaban J connectivity index is 2.87. The zero-order valence-corrected chi connectivity index (χ0v) is 12.0. The Kier molecular flexibility index (Phi) is 4.88. The second-order valence-corrected chi connectivity index (χ2v) is 6.90. The third-order valence-corrected chi connectivity index (χ3v) is 4.67. The summed E-state index contributed by atoms with van der Waals surface area (Å²) >= 11 is 0. The Labute approximate surface area is 112 Å². The van der Waals surface area contributed by atoms with Crippen LogP contribution in [0.25, 0.3) is 0 Å². The van der Waals surface area contributed by atoms with Crippen molar-refractivity contribution >= 4 is 21.2 Å². The molecule has 0 heterocycles. The quantitative estimate of drug-likeness (QED) is 0.639. The van der Waals surface area contributed by atoms with Gasteiger partial charge in [-0.05, 0) is 19.4 Å². The van der Waals surface area contributed by atoms with Crippen LogP contribution in [0.2, 0.25) is 0 Å². The molecule has 1 atom stereocenters. The number of sulfone groups is 1. The molecule has 19 heavy (non-hydrogen) atoms. The van der Waals surface area contributed by atoms with Gasteiger partial charge in [-0.25, -0.2) is 8.42 Å². The average Bonchev–Trinajstić information content (AvgIpc) is 2.31. The first-order chi connectivity index (χ1) is 8.75. The number of nitrogens with one attached hydrogen (secondary N) is 1. The van der Waals surface area contributed by atoms with Crippen molar-refractivity contribution < 1.29 is 13.3 Å². The summed E-state index contributed by atoms with van der Waals surface area (Å²) in [7, 11) is -3.07. The maximum Gasteiger partial charge on any atom is 0.271 e. The van der Waals surface area contributed by atoms with Crippen LogP contribution in [-0.4, -0.2) is 30.9 Å². The number of nitro groups is 1. The molecule has 0 aliphatic rings. The molecule has 0 spiro atoms. The van der Waals surface area contributed by atoms with Crippen LogP contribution in [0.3, 0.4) is 0 Å². The van der Waals surface area contributed by atoms with Gasteiger partial charge >= 0.3 is 0 Å². The summed E-state index contributed by atoms with van der Waals surface area (Å²) in [5.41, 5.74) is 1.41. The van der Waals surface area contributed by atoms with E-state index in [0.717, 1.165) is 5.56 Å². The van der Waals surface area contributed by atoms with Gasteiger partial charge in [0.1, 0.15) is 0 Å². The summed E-state index contributed by atoms with van der Waals surface area (Å²) in [6, 6.07) is 4.19. The van der Waals surface area contributed by atoms with Crippen molar-refractivity contribution in [2.45, 2.75) is 26.8 Å². The summed E-state index contributed by atoms with van der Waals surface area (Å²) in [5.74, 6) is 0.0958. The largest absolute Gasteiger partial charge is 0.381 e. The van der Waals surface area contributed by atoms with Gasteiger partial charge in [0.15, 0.2) is 9.84 Å². The van der Waals surface area contributed by atoms with Crippen LogP contribution >= 0.6 is 0 Å². The van der Waals surface area contributed by atoms with Crippen LogP contribution in [0.5, 0.6) is 0 Å². The van der Waals surface area contributed by atoms with Gasteiger partial charge in [-0.15, -0.1) is 0 Å². The first kappa shape index (κ1) is 15.4. The predicted octanol–water partition coefficient (Wildman–Crippen LogP) is 2.14. The molecule has 0 radical (unpaired) electrons.